The number of Topliss-reactive ketones (excluding diaryl/α,β-unsaturated/α-hetero) is 1. The summed E-state index contributed by atoms with van der Waals surface area (Å²) < 4.78 is 21.0. The predicted octanol–water partition coefficient (Wildman–Crippen LogP) is 4.63. The third kappa shape index (κ3) is 4.33. The highest BCUT2D eigenvalue weighted by molar-refractivity contribution is 6.00. The molecule has 0 saturated carbocycles. The molecule has 2 aliphatic rings. The minimum Gasteiger partial charge on any atom is -0.444 e. The number of nitrogens with zero attached hydrogens (tertiary/aromatic N) is 4. The second-order valence-corrected chi connectivity index (χ2v) is 10.5. The molecule has 35 heavy (non-hydrogen) atoms. The van der Waals surface area contributed by atoms with Gasteiger partial charge in [0.1, 0.15) is 17.1 Å². The van der Waals surface area contributed by atoms with E-state index < -0.39 is 17.1 Å². The van der Waals surface area contributed by atoms with E-state index in [4.69, 9.17) is 4.74 Å². The lowest BCUT2D eigenvalue weighted by molar-refractivity contribution is -0.0105. The summed E-state index contributed by atoms with van der Waals surface area (Å²) in [6.45, 7) is 6.29. The number of halogens is 1. The van der Waals surface area contributed by atoms with Gasteiger partial charge in [0.05, 0.1) is 17.3 Å². The molecule has 0 radical (unpaired) electrons. The van der Waals surface area contributed by atoms with E-state index >= 15 is 0 Å². The molecular formula is C27H29FN4O3. The fourth-order valence-corrected chi connectivity index (χ4v) is 5.36. The summed E-state index contributed by atoms with van der Waals surface area (Å²) in [7, 11) is 0. The summed E-state index contributed by atoms with van der Waals surface area (Å²) >= 11 is 0. The standard InChI is InChI=1S/C27H29FN4O3/c1-26(2,3)35-25(34)31-13-11-19-14-23-18(16-30-32(23)21-9-7-20(28)8-10-21)15-27(19,17-31)24(33)22-6-4-5-12-29-22/h4-10,12,16,19H,11,13-15,17H2,1-3H3. The number of fused-ring (bicyclic) bond motifs is 2. The summed E-state index contributed by atoms with van der Waals surface area (Å²) in [5.74, 6) is -0.361. The lowest BCUT2D eigenvalue weighted by atomic mass is 9.60. The zero-order valence-corrected chi connectivity index (χ0v) is 20.2. The van der Waals surface area contributed by atoms with Crippen molar-refractivity contribution in [3.63, 3.8) is 0 Å². The Morgan fingerprint density at radius 3 is 2.60 bits per heavy atom. The van der Waals surface area contributed by atoms with Crippen LogP contribution in [0.5, 0.6) is 0 Å². The normalized spacial score (nSPS) is 21.7. The molecule has 1 aromatic carbocycles. The second kappa shape index (κ2) is 8.59. The molecule has 7 nitrogen and oxygen atoms in total. The lowest BCUT2D eigenvalue weighted by Crippen LogP contribution is -2.58. The van der Waals surface area contributed by atoms with Gasteiger partial charge in [0, 0.05) is 25.0 Å². The molecule has 3 heterocycles. The Labute approximate surface area is 203 Å². The Balaban J connectivity index is 1.53. The van der Waals surface area contributed by atoms with Crippen molar-refractivity contribution < 1.29 is 18.7 Å². The zero-order valence-electron chi connectivity index (χ0n) is 20.2. The third-order valence-corrected chi connectivity index (χ3v) is 6.98. The van der Waals surface area contributed by atoms with Gasteiger partial charge in [-0.2, -0.15) is 5.10 Å². The smallest absolute Gasteiger partial charge is 0.410 e. The second-order valence-electron chi connectivity index (χ2n) is 10.5. The first-order chi connectivity index (χ1) is 16.7. The van der Waals surface area contributed by atoms with Crippen molar-refractivity contribution in [2.24, 2.45) is 11.3 Å². The van der Waals surface area contributed by atoms with Crippen LogP contribution in [0.15, 0.2) is 54.9 Å². The molecule has 1 amide bonds. The number of aromatic nitrogens is 3. The highest BCUT2D eigenvalue weighted by Crippen LogP contribution is 2.47. The largest absolute Gasteiger partial charge is 0.444 e. The first-order valence-electron chi connectivity index (χ1n) is 11.9. The van der Waals surface area contributed by atoms with E-state index in [2.05, 4.69) is 10.1 Å². The van der Waals surface area contributed by atoms with E-state index in [1.165, 1.54) is 12.1 Å². The molecule has 0 N–H and O–H groups in total. The van der Waals surface area contributed by atoms with E-state index in [0.29, 0.717) is 31.5 Å². The van der Waals surface area contributed by atoms with Crippen LogP contribution in [-0.2, 0) is 17.6 Å². The summed E-state index contributed by atoms with van der Waals surface area (Å²) in [6, 6.07) is 11.6. The van der Waals surface area contributed by atoms with Crippen molar-refractivity contribution in [2.45, 2.75) is 45.6 Å². The van der Waals surface area contributed by atoms with Gasteiger partial charge in [-0.25, -0.2) is 13.9 Å². The fraction of sp³-hybridized carbons (Fsp3) is 0.407. The molecule has 1 saturated heterocycles. The van der Waals surface area contributed by atoms with Crippen molar-refractivity contribution in [1.82, 2.24) is 19.7 Å². The molecule has 0 bridgehead atoms. The van der Waals surface area contributed by atoms with Gasteiger partial charge in [-0.3, -0.25) is 9.78 Å². The molecule has 1 fully saturated rings. The van der Waals surface area contributed by atoms with Crippen molar-refractivity contribution in [2.75, 3.05) is 13.1 Å². The van der Waals surface area contributed by atoms with Gasteiger partial charge in [-0.15, -0.1) is 0 Å². The van der Waals surface area contributed by atoms with Gasteiger partial charge in [0.15, 0.2) is 5.78 Å². The Bertz CT molecular complexity index is 1250. The summed E-state index contributed by atoms with van der Waals surface area (Å²) in [5.41, 5.74) is 1.72. The Morgan fingerprint density at radius 1 is 1.14 bits per heavy atom. The maximum atomic E-state index is 14.0. The van der Waals surface area contributed by atoms with Gasteiger partial charge in [-0.05, 0) is 87.9 Å². The number of hydrogen-bond donors (Lipinski definition) is 0. The Kier molecular flexibility index (Phi) is 5.69. The van der Waals surface area contributed by atoms with Crippen molar-refractivity contribution in [3.8, 4) is 5.69 Å². The number of likely N-dealkylation sites (tertiary alicyclic amines) is 1. The molecule has 5 rings (SSSR count). The van der Waals surface area contributed by atoms with E-state index in [0.717, 1.165) is 16.9 Å². The third-order valence-electron chi connectivity index (χ3n) is 6.98. The number of pyridine rings is 1. The molecular weight excluding hydrogens is 447 g/mol. The molecule has 3 aromatic rings. The van der Waals surface area contributed by atoms with Crippen LogP contribution in [0.4, 0.5) is 9.18 Å². The minimum absolute atomic E-state index is 0.000841. The number of hydrogen-bond acceptors (Lipinski definition) is 5. The topological polar surface area (TPSA) is 77.3 Å². The van der Waals surface area contributed by atoms with Crippen molar-refractivity contribution in [3.05, 3.63) is 77.6 Å². The minimum atomic E-state index is -0.826. The first kappa shape index (κ1) is 23.2. The average molecular weight is 477 g/mol. The monoisotopic (exact) mass is 476 g/mol. The average Bonchev–Trinajstić information content (AvgIpc) is 3.24. The number of rotatable bonds is 3. The molecule has 0 spiro atoms. The maximum absolute atomic E-state index is 14.0. The van der Waals surface area contributed by atoms with E-state index in [-0.39, 0.29) is 24.1 Å². The number of piperidine rings is 1. The molecule has 2 unspecified atom stereocenters. The van der Waals surface area contributed by atoms with Crippen LogP contribution in [-0.4, -0.2) is 50.2 Å². The summed E-state index contributed by atoms with van der Waals surface area (Å²) in [5, 5.41) is 4.58. The summed E-state index contributed by atoms with van der Waals surface area (Å²) in [4.78, 5) is 33.0. The van der Waals surface area contributed by atoms with Crippen molar-refractivity contribution in [1.29, 1.82) is 0 Å². The van der Waals surface area contributed by atoms with Crippen LogP contribution in [0.25, 0.3) is 5.69 Å². The van der Waals surface area contributed by atoms with Gasteiger partial charge in [-0.1, -0.05) is 6.07 Å². The number of ketones is 1. The Hall–Kier alpha value is -3.55. The van der Waals surface area contributed by atoms with Crippen LogP contribution in [0.3, 0.4) is 0 Å². The fourth-order valence-electron chi connectivity index (χ4n) is 5.36. The van der Waals surface area contributed by atoms with Crippen LogP contribution >= 0.6 is 0 Å². The molecule has 1 aliphatic carbocycles. The first-order valence-corrected chi connectivity index (χ1v) is 11.9. The van der Waals surface area contributed by atoms with Crippen molar-refractivity contribution >= 4 is 11.9 Å². The molecule has 1 aliphatic heterocycles. The summed E-state index contributed by atoms with van der Waals surface area (Å²) in [6.07, 6.45) is 4.74. The highest BCUT2D eigenvalue weighted by atomic mass is 19.1. The lowest BCUT2D eigenvalue weighted by Gasteiger charge is -2.49. The number of carbonyl (C=O) groups is 2. The zero-order chi connectivity index (χ0) is 24.8. The van der Waals surface area contributed by atoms with Crippen LogP contribution in [0, 0.1) is 17.2 Å². The van der Waals surface area contributed by atoms with E-state index in [1.54, 1.807) is 47.6 Å². The van der Waals surface area contributed by atoms with E-state index in [9.17, 15) is 14.0 Å². The SMILES string of the molecule is CC(C)(C)OC(=O)N1CCC2Cc3c(cnn3-c3ccc(F)cc3)CC2(C(=O)c2ccccn2)C1. The maximum Gasteiger partial charge on any atom is 0.410 e. The number of benzene rings is 1. The van der Waals surface area contributed by atoms with Crippen LogP contribution < -0.4 is 0 Å². The van der Waals surface area contributed by atoms with Gasteiger partial charge in [0.2, 0.25) is 0 Å². The molecule has 2 atom stereocenters. The number of carbonyl (C=O) groups excluding carboxylic acids is 2. The van der Waals surface area contributed by atoms with E-state index in [1.807, 2.05) is 25.5 Å². The van der Waals surface area contributed by atoms with Crippen LogP contribution in [0.2, 0.25) is 0 Å². The number of amides is 1. The molecule has 2 aromatic heterocycles. The molecule has 8 heteroatoms. The Morgan fingerprint density at radius 2 is 1.91 bits per heavy atom. The molecule has 182 valence electrons. The van der Waals surface area contributed by atoms with Gasteiger partial charge < -0.3 is 9.64 Å². The quantitative estimate of drug-likeness (QED) is 0.515. The van der Waals surface area contributed by atoms with Crippen LogP contribution in [0.1, 0.15) is 48.9 Å². The number of ether oxygens (including phenoxy) is 1. The predicted molar refractivity (Wildman–Crippen MR) is 128 cm³/mol. The van der Waals surface area contributed by atoms with Gasteiger partial charge in [0.25, 0.3) is 0 Å². The van der Waals surface area contributed by atoms with Gasteiger partial charge >= 0.3 is 6.09 Å². The highest BCUT2D eigenvalue weighted by Gasteiger charge is 2.54.